The average Bonchev–Trinajstić information content (AvgIpc) is 2.58. The van der Waals surface area contributed by atoms with Crippen LogP contribution in [-0.4, -0.2) is 36.5 Å². The molecule has 0 aromatic heterocycles. The maximum atomic E-state index is 10.1. The first kappa shape index (κ1) is 11.4. The molecular weight excluding hydrogens is 190 g/mol. The van der Waals surface area contributed by atoms with E-state index in [2.05, 4.69) is 5.32 Å². The molecular formula is C12H23NO2. The fourth-order valence-electron chi connectivity index (χ4n) is 2.76. The second kappa shape index (κ2) is 4.40. The van der Waals surface area contributed by atoms with E-state index in [1.54, 1.807) is 7.11 Å². The number of ether oxygens (including phenoxy) is 1. The van der Waals surface area contributed by atoms with Gasteiger partial charge in [-0.15, -0.1) is 0 Å². The molecule has 0 aromatic rings. The van der Waals surface area contributed by atoms with Crippen LogP contribution in [0.15, 0.2) is 0 Å². The number of aliphatic hydroxyl groups is 1. The molecule has 15 heavy (non-hydrogen) atoms. The molecule has 2 rings (SSSR count). The van der Waals surface area contributed by atoms with E-state index in [0.29, 0.717) is 0 Å². The van der Waals surface area contributed by atoms with E-state index >= 15 is 0 Å². The lowest BCUT2D eigenvalue weighted by Gasteiger charge is -2.41. The maximum absolute atomic E-state index is 10.1. The molecule has 2 aliphatic rings. The Kier molecular flexibility index (Phi) is 3.33. The Morgan fingerprint density at radius 1 is 1.07 bits per heavy atom. The third-order valence-electron chi connectivity index (χ3n) is 4.13. The minimum atomic E-state index is -0.432. The third-order valence-corrected chi connectivity index (χ3v) is 4.13. The molecule has 3 nitrogen and oxygen atoms in total. The molecule has 0 aromatic carbocycles. The van der Waals surface area contributed by atoms with Crippen molar-refractivity contribution in [1.82, 2.24) is 5.32 Å². The topological polar surface area (TPSA) is 41.5 Å². The van der Waals surface area contributed by atoms with Crippen molar-refractivity contribution in [2.24, 2.45) is 0 Å². The zero-order valence-electron chi connectivity index (χ0n) is 9.72. The molecule has 0 saturated heterocycles. The number of nitrogens with one attached hydrogen (secondary N) is 1. The van der Waals surface area contributed by atoms with Gasteiger partial charge in [0.15, 0.2) is 0 Å². The van der Waals surface area contributed by atoms with Gasteiger partial charge in [0, 0.05) is 20.2 Å². The number of hydrogen-bond acceptors (Lipinski definition) is 3. The van der Waals surface area contributed by atoms with Gasteiger partial charge in [0.05, 0.1) is 11.2 Å². The smallest absolute Gasteiger partial charge is 0.0802 e. The normalized spacial score (nSPS) is 27.6. The van der Waals surface area contributed by atoms with Gasteiger partial charge < -0.3 is 15.2 Å². The third kappa shape index (κ3) is 2.52. The maximum Gasteiger partial charge on any atom is 0.0802 e. The Morgan fingerprint density at radius 2 is 1.73 bits per heavy atom. The summed E-state index contributed by atoms with van der Waals surface area (Å²) in [7, 11) is 1.80. The Balaban J connectivity index is 1.69. The zero-order chi connectivity index (χ0) is 10.8. The van der Waals surface area contributed by atoms with Crippen molar-refractivity contribution in [3.8, 4) is 0 Å². The predicted octanol–water partition coefficient (Wildman–Crippen LogP) is 1.45. The van der Waals surface area contributed by atoms with Crippen molar-refractivity contribution >= 4 is 0 Å². The molecule has 0 radical (unpaired) electrons. The number of rotatable bonds is 5. The average molecular weight is 213 g/mol. The van der Waals surface area contributed by atoms with Gasteiger partial charge in [0.2, 0.25) is 0 Å². The lowest BCUT2D eigenvalue weighted by molar-refractivity contribution is -0.0726. The fraction of sp³-hybridized carbons (Fsp3) is 1.00. The molecule has 0 atom stereocenters. The van der Waals surface area contributed by atoms with E-state index in [4.69, 9.17) is 4.74 Å². The molecule has 0 bridgehead atoms. The highest BCUT2D eigenvalue weighted by atomic mass is 16.5. The molecule has 3 heteroatoms. The molecule has 2 saturated carbocycles. The van der Waals surface area contributed by atoms with Gasteiger partial charge >= 0.3 is 0 Å². The first-order chi connectivity index (χ1) is 7.18. The number of methoxy groups -OCH3 is 1. The largest absolute Gasteiger partial charge is 0.389 e. The van der Waals surface area contributed by atoms with Gasteiger partial charge in [0.1, 0.15) is 0 Å². The molecule has 0 spiro atoms. The molecule has 0 aliphatic heterocycles. The first-order valence-electron chi connectivity index (χ1n) is 6.16. The van der Waals surface area contributed by atoms with Crippen LogP contribution >= 0.6 is 0 Å². The van der Waals surface area contributed by atoms with Gasteiger partial charge in [-0.25, -0.2) is 0 Å². The Labute approximate surface area is 92.2 Å². The van der Waals surface area contributed by atoms with Crippen molar-refractivity contribution in [2.75, 3.05) is 20.2 Å². The highest BCUT2D eigenvalue weighted by molar-refractivity contribution is 4.93. The molecule has 2 fully saturated rings. The van der Waals surface area contributed by atoms with Crippen LogP contribution in [-0.2, 0) is 4.74 Å². The Bertz CT molecular complexity index is 200. The first-order valence-corrected chi connectivity index (χ1v) is 6.16. The molecule has 88 valence electrons. The zero-order valence-corrected chi connectivity index (χ0v) is 9.72. The van der Waals surface area contributed by atoms with Crippen LogP contribution < -0.4 is 5.32 Å². The van der Waals surface area contributed by atoms with E-state index in [1.165, 1.54) is 19.3 Å². The summed E-state index contributed by atoms with van der Waals surface area (Å²) < 4.78 is 5.53. The highest BCUT2D eigenvalue weighted by Crippen LogP contribution is 2.34. The van der Waals surface area contributed by atoms with E-state index in [0.717, 1.165) is 38.8 Å². The summed E-state index contributed by atoms with van der Waals surface area (Å²) in [6.07, 6.45) is 7.87. The van der Waals surface area contributed by atoms with E-state index in [9.17, 15) is 5.11 Å². The summed E-state index contributed by atoms with van der Waals surface area (Å²) in [5.41, 5.74) is -0.354. The van der Waals surface area contributed by atoms with Crippen molar-refractivity contribution < 1.29 is 9.84 Å². The Morgan fingerprint density at radius 3 is 2.20 bits per heavy atom. The second-order valence-corrected chi connectivity index (χ2v) is 5.28. The molecule has 2 N–H and O–H groups in total. The second-order valence-electron chi connectivity index (χ2n) is 5.28. The fourth-order valence-corrected chi connectivity index (χ4v) is 2.76. The van der Waals surface area contributed by atoms with Crippen LogP contribution in [0.5, 0.6) is 0 Å². The van der Waals surface area contributed by atoms with Gasteiger partial charge in [-0.1, -0.05) is 12.8 Å². The van der Waals surface area contributed by atoms with E-state index < -0.39 is 5.60 Å². The molecule has 0 unspecified atom stereocenters. The minimum Gasteiger partial charge on any atom is -0.389 e. The summed E-state index contributed by atoms with van der Waals surface area (Å²) in [5.74, 6) is 0. The van der Waals surface area contributed by atoms with Gasteiger partial charge in [-0.3, -0.25) is 0 Å². The van der Waals surface area contributed by atoms with Crippen molar-refractivity contribution in [3.05, 3.63) is 0 Å². The van der Waals surface area contributed by atoms with Crippen LogP contribution in [0.3, 0.4) is 0 Å². The monoisotopic (exact) mass is 213 g/mol. The quantitative estimate of drug-likeness (QED) is 0.726. The van der Waals surface area contributed by atoms with Crippen molar-refractivity contribution in [2.45, 2.75) is 56.1 Å². The lowest BCUT2D eigenvalue weighted by Crippen LogP contribution is -2.51. The number of hydrogen-bond donors (Lipinski definition) is 2. The summed E-state index contributed by atoms with van der Waals surface area (Å²) >= 11 is 0. The predicted molar refractivity (Wildman–Crippen MR) is 59.9 cm³/mol. The summed E-state index contributed by atoms with van der Waals surface area (Å²) in [6, 6.07) is 0. The van der Waals surface area contributed by atoms with E-state index in [-0.39, 0.29) is 5.60 Å². The lowest BCUT2D eigenvalue weighted by atomic mass is 9.80. The van der Waals surface area contributed by atoms with Crippen molar-refractivity contribution in [1.29, 1.82) is 0 Å². The molecule has 0 amide bonds. The highest BCUT2D eigenvalue weighted by Gasteiger charge is 2.38. The minimum absolute atomic E-state index is 0.0783. The molecule has 0 heterocycles. The van der Waals surface area contributed by atoms with Crippen LogP contribution in [0.2, 0.25) is 0 Å². The van der Waals surface area contributed by atoms with Gasteiger partial charge in [-0.05, 0) is 32.1 Å². The summed E-state index contributed by atoms with van der Waals surface area (Å²) in [5, 5.41) is 13.5. The van der Waals surface area contributed by atoms with Crippen LogP contribution in [0.4, 0.5) is 0 Å². The standard InChI is InChI=1S/C12H23NO2/c1-15-12(7-4-8-12)10-13-9-11(14)5-2-3-6-11/h13-14H,2-10H2,1H3. The van der Waals surface area contributed by atoms with Crippen LogP contribution in [0.25, 0.3) is 0 Å². The Hall–Kier alpha value is -0.120. The van der Waals surface area contributed by atoms with E-state index in [1.807, 2.05) is 0 Å². The molecule has 2 aliphatic carbocycles. The van der Waals surface area contributed by atoms with Gasteiger partial charge in [0.25, 0.3) is 0 Å². The van der Waals surface area contributed by atoms with Gasteiger partial charge in [-0.2, -0.15) is 0 Å². The van der Waals surface area contributed by atoms with Crippen LogP contribution in [0.1, 0.15) is 44.9 Å². The SMILES string of the molecule is COC1(CNCC2(O)CCCC2)CCC1. The summed E-state index contributed by atoms with van der Waals surface area (Å²) in [6.45, 7) is 1.63. The van der Waals surface area contributed by atoms with Crippen molar-refractivity contribution in [3.63, 3.8) is 0 Å². The summed E-state index contributed by atoms with van der Waals surface area (Å²) in [4.78, 5) is 0. The van der Waals surface area contributed by atoms with Crippen LogP contribution in [0, 0.1) is 0 Å².